The summed E-state index contributed by atoms with van der Waals surface area (Å²) < 4.78 is 0. The highest BCUT2D eigenvalue weighted by Crippen LogP contribution is 2.06. The van der Waals surface area contributed by atoms with Crippen LogP contribution in [-0.4, -0.2) is 12.6 Å². The van der Waals surface area contributed by atoms with Crippen molar-refractivity contribution >= 4 is 0 Å². The first-order chi connectivity index (χ1) is 6.31. The van der Waals surface area contributed by atoms with Gasteiger partial charge < -0.3 is 5.32 Å². The first kappa shape index (κ1) is 13.0. The van der Waals surface area contributed by atoms with Crippen LogP contribution in [0.2, 0.25) is 0 Å². The molecule has 0 aromatic heterocycles. The van der Waals surface area contributed by atoms with Crippen molar-refractivity contribution in [2.75, 3.05) is 6.54 Å². The largest absolute Gasteiger partial charge is 0.314 e. The molecule has 0 aromatic carbocycles. The Bertz CT molecular complexity index is 91.1. The zero-order valence-electron chi connectivity index (χ0n) is 9.73. The van der Waals surface area contributed by atoms with Crippen molar-refractivity contribution in [2.45, 2.75) is 71.8 Å². The van der Waals surface area contributed by atoms with E-state index in [0.717, 1.165) is 6.04 Å². The van der Waals surface area contributed by atoms with Crippen LogP contribution in [0.15, 0.2) is 0 Å². The molecule has 1 nitrogen and oxygen atoms in total. The fraction of sp³-hybridized carbons (Fsp3) is 1.00. The van der Waals surface area contributed by atoms with Gasteiger partial charge in [-0.25, -0.2) is 0 Å². The first-order valence-corrected chi connectivity index (χ1v) is 6.04. The van der Waals surface area contributed by atoms with Gasteiger partial charge >= 0.3 is 0 Å². The van der Waals surface area contributed by atoms with Crippen molar-refractivity contribution in [3.63, 3.8) is 0 Å². The molecule has 0 amide bonds. The molecular weight excluding hydrogens is 158 g/mol. The van der Waals surface area contributed by atoms with Crippen molar-refractivity contribution in [1.29, 1.82) is 0 Å². The van der Waals surface area contributed by atoms with E-state index in [-0.39, 0.29) is 0 Å². The molecular formula is C12H27N. The van der Waals surface area contributed by atoms with Crippen LogP contribution in [0.3, 0.4) is 0 Å². The van der Waals surface area contributed by atoms with E-state index in [4.69, 9.17) is 0 Å². The zero-order chi connectivity index (χ0) is 9.94. The van der Waals surface area contributed by atoms with Crippen LogP contribution < -0.4 is 5.32 Å². The molecule has 80 valence electrons. The summed E-state index contributed by atoms with van der Waals surface area (Å²) >= 11 is 0. The van der Waals surface area contributed by atoms with Crippen LogP contribution in [0.5, 0.6) is 0 Å². The third-order valence-corrected chi connectivity index (χ3v) is 2.48. The Balaban J connectivity index is 3.03. The van der Waals surface area contributed by atoms with Crippen LogP contribution in [0, 0.1) is 0 Å². The SMILES string of the molecule is CCCCCCCC(C)NCCC. The lowest BCUT2D eigenvalue weighted by atomic mass is 10.1. The van der Waals surface area contributed by atoms with E-state index in [1.54, 1.807) is 0 Å². The molecule has 1 unspecified atom stereocenters. The van der Waals surface area contributed by atoms with E-state index in [1.807, 2.05) is 0 Å². The monoisotopic (exact) mass is 185 g/mol. The lowest BCUT2D eigenvalue weighted by Crippen LogP contribution is -2.26. The summed E-state index contributed by atoms with van der Waals surface area (Å²) in [6, 6.07) is 0.724. The average molecular weight is 185 g/mol. The minimum absolute atomic E-state index is 0.724. The predicted molar refractivity (Wildman–Crippen MR) is 61.1 cm³/mol. The van der Waals surface area contributed by atoms with Crippen molar-refractivity contribution in [2.24, 2.45) is 0 Å². The summed E-state index contributed by atoms with van der Waals surface area (Å²) in [6.07, 6.45) is 9.62. The topological polar surface area (TPSA) is 12.0 Å². The summed E-state index contributed by atoms with van der Waals surface area (Å²) in [5.74, 6) is 0. The predicted octanol–water partition coefficient (Wildman–Crippen LogP) is 3.74. The van der Waals surface area contributed by atoms with Gasteiger partial charge in [-0.2, -0.15) is 0 Å². The smallest absolute Gasteiger partial charge is 0.00387 e. The molecule has 0 bridgehead atoms. The number of unbranched alkanes of at least 4 members (excludes halogenated alkanes) is 4. The fourth-order valence-electron chi connectivity index (χ4n) is 1.55. The quantitative estimate of drug-likeness (QED) is 0.540. The van der Waals surface area contributed by atoms with Crippen molar-refractivity contribution in [3.05, 3.63) is 0 Å². The molecule has 1 atom stereocenters. The van der Waals surface area contributed by atoms with Gasteiger partial charge in [-0.1, -0.05) is 46.0 Å². The lowest BCUT2D eigenvalue weighted by molar-refractivity contribution is 0.480. The van der Waals surface area contributed by atoms with Crippen LogP contribution >= 0.6 is 0 Å². The highest BCUT2D eigenvalue weighted by molar-refractivity contribution is 4.59. The van der Waals surface area contributed by atoms with E-state index in [1.165, 1.54) is 51.5 Å². The number of hydrogen-bond donors (Lipinski definition) is 1. The van der Waals surface area contributed by atoms with E-state index in [0.29, 0.717) is 0 Å². The molecule has 0 spiro atoms. The van der Waals surface area contributed by atoms with Gasteiger partial charge in [-0.05, 0) is 26.3 Å². The zero-order valence-corrected chi connectivity index (χ0v) is 9.73. The molecule has 0 rings (SSSR count). The first-order valence-electron chi connectivity index (χ1n) is 6.04. The standard InChI is InChI=1S/C12H27N/c1-4-6-7-8-9-10-12(3)13-11-5-2/h12-13H,4-11H2,1-3H3. The van der Waals surface area contributed by atoms with Gasteiger partial charge in [-0.15, -0.1) is 0 Å². The molecule has 1 N–H and O–H groups in total. The Kier molecular flexibility index (Phi) is 10.0. The van der Waals surface area contributed by atoms with Crippen LogP contribution in [0.1, 0.15) is 65.7 Å². The van der Waals surface area contributed by atoms with Crippen molar-refractivity contribution in [1.82, 2.24) is 5.32 Å². The average Bonchev–Trinajstić information content (AvgIpc) is 2.14. The summed E-state index contributed by atoms with van der Waals surface area (Å²) in [6.45, 7) is 7.97. The lowest BCUT2D eigenvalue weighted by Gasteiger charge is -2.12. The van der Waals surface area contributed by atoms with Crippen molar-refractivity contribution < 1.29 is 0 Å². The summed E-state index contributed by atoms with van der Waals surface area (Å²) in [4.78, 5) is 0. The Labute approximate surface area is 84.3 Å². The molecule has 0 fully saturated rings. The van der Waals surface area contributed by atoms with Gasteiger partial charge in [0.1, 0.15) is 0 Å². The Morgan fingerprint density at radius 3 is 2.23 bits per heavy atom. The molecule has 0 radical (unpaired) electrons. The molecule has 13 heavy (non-hydrogen) atoms. The maximum atomic E-state index is 3.52. The number of nitrogens with one attached hydrogen (secondary N) is 1. The van der Waals surface area contributed by atoms with Gasteiger partial charge in [0.2, 0.25) is 0 Å². The molecule has 0 saturated carbocycles. The maximum absolute atomic E-state index is 3.52. The second kappa shape index (κ2) is 10.0. The summed E-state index contributed by atoms with van der Waals surface area (Å²) in [5.41, 5.74) is 0. The van der Waals surface area contributed by atoms with E-state index < -0.39 is 0 Å². The molecule has 0 saturated heterocycles. The second-order valence-electron chi connectivity index (χ2n) is 4.06. The second-order valence-corrected chi connectivity index (χ2v) is 4.06. The molecule has 0 aliphatic heterocycles. The van der Waals surface area contributed by atoms with Crippen LogP contribution in [0.4, 0.5) is 0 Å². The summed E-state index contributed by atoms with van der Waals surface area (Å²) in [5, 5.41) is 3.52. The summed E-state index contributed by atoms with van der Waals surface area (Å²) in [7, 11) is 0. The van der Waals surface area contributed by atoms with Gasteiger partial charge in [0.15, 0.2) is 0 Å². The van der Waals surface area contributed by atoms with Gasteiger partial charge in [0.25, 0.3) is 0 Å². The van der Waals surface area contributed by atoms with E-state index in [9.17, 15) is 0 Å². The third-order valence-electron chi connectivity index (χ3n) is 2.48. The third kappa shape index (κ3) is 9.88. The van der Waals surface area contributed by atoms with E-state index in [2.05, 4.69) is 26.1 Å². The number of rotatable bonds is 9. The maximum Gasteiger partial charge on any atom is 0.00387 e. The van der Waals surface area contributed by atoms with Gasteiger partial charge in [-0.3, -0.25) is 0 Å². The highest BCUT2D eigenvalue weighted by atomic mass is 14.9. The minimum atomic E-state index is 0.724. The van der Waals surface area contributed by atoms with Crippen LogP contribution in [-0.2, 0) is 0 Å². The highest BCUT2D eigenvalue weighted by Gasteiger charge is 1.98. The fourth-order valence-corrected chi connectivity index (χ4v) is 1.55. The van der Waals surface area contributed by atoms with Crippen molar-refractivity contribution in [3.8, 4) is 0 Å². The Morgan fingerprint density at radius 2 is 1.62 bits per heavy atom. The van der Waals surface area contributed by atoms with Gasteiger partial charge in [0.05, 0.1) is 0 Å². The van der Waals surface area contributed by atoms with Crippen LogP contribution in [0.25, 0.3) is 0 Å². The van der Waals surface area contributed by atoms with E-state index >= 15 is 0 Å². The molecule has 1 heteroatoms. The Morgan fingerprint density at radius 1 is 0.923 bits per heavy atom. The molecule has 0 heterocycles. The Hall–Kier alpha value is -0.0400. The normalized spacial score (nSPS) is 13.2. The molecule has 0 aliphatic rings. The molecule has 0 aromatic rings. The number of hydrogen-bond acceptors (Lipinski definition) is 1. The molecule has 0 aliphatic carbocycles. The van der Waals surface area contributed by atoms with Gasteiger partial charge in [0, 0.05) is 6.04 Å². The minimum Gasteiger partial charge on any atom is -0.314 e.